The van der Waals surface area contributed by atoms with E-state index < -0.39 is 10.0 Å². The molecule has 3 aromatic rings. The first-order valence-electron chi connectivity index (χ1n) is 8.05. The van der Waals surface area contributed by atoms with Gasteiger partial charge in [0.25, 0.3) is 0 Å². The third-order valence-corrected chi connectivity index (χ3v) is 6.00. The predicted molar refractivity (Wildman–Crippen MR) is 97.3 cm³/mol. The summed E-state index contributed by atoms with van der Waals surface area (Å²) in [6.07, 6.45) is 0. The molecule has 132 valence electrons. The van der Waals surface area contributed by atoms with Gasteiger partial charge in [0.1, 0.15) is 4.90 Å². The van der Waals surface area contributed by atoms with E-state index >= 15 is 0 Å². The molecule has 0 atom stereocenters. The Bertz CT molecular complexity index is 982. The lowest BCUT2D eigenvalue weighted by molar-refractivity contribution is 0.580. The van der Waals surface area contributed by atoms with Crippen LogP contribution in [0.5, 0.6) is 0 Å². The second-order valence-electron chi connectivity index (χ2n) is 6.16. The van der Waals surface area contributed by atoms with Crippen molar-refractivity contribution in [2.75, 3.05) is 0 Å². The number of hydrogen-bond acceptors (Lipinski definition) is 3. The minimum atomic E-state index is -3.61. The van der Waals surface area contributed by atoms with Crippen LogP contribution in [0.15, 0.2) is 41.3 Å². The fourth-order valence-corrected chi connectivity index (χ4v) is 4.54. The molecule has 0 aliphatic rings. The average Bonchev–Trinajstić information content (AvgIpc) is 3.05. The topological polar surface area (TPSA) is 79.8 Å². The maximum atomic E-state index is 12.6. The van der Waals surface area contributed by atoms with Gasteiger partial charge in [0, 0.05) is 23.6 Å². The van der Waals surface area contributed by atoms with Crippen LogP contribution in [0.2, 0.25) is 0 Å². The van der Waals surface area contributed by atoms with Gasteiger partial charge in [0.05, 0.1) is 11.4 Å². The number of benzene rings is 1. The summed E-state index contributed by atoms with van der Waals surface area (Å²) in [7, 11) is -3.61. The lowest BCUT2D eigenvalue weighted by Gasteiger charge is -2.10. The van der Waals surface area contributed by atoms with E-state index in [4.69, 9.17) is 0 Å². The van der Waals surface area contributed by atoms with Gasteiger partial charge in [0.2, 0.25) is 10.0 Å². The molecular weight excluding hydrogens is 336 g/mol. The Hall–Kier alpha value is -2.38. The van der Waals surface area contributed by atoms with E-state index in [1.54, 1.807) is 13.8 Å². The van der Waals surface area contributed by atoms with Gasteiger partial charge in [-0.05, 0) is 51.5 Å². The van der Waals surface area contributed by atoms with Crippen molar-refractivity contribution in [3.63, 3.8) is 0 Å². The van der Waals surface area contributed by atoms with Crippen LogP contribution < -0.4 is 4.72 Å². The molecule has 0 spiro atoms. The van der Waals surface area contributed by atoms with Gasteiger partial charge in [-0.3, -0.25) is 5.10 Å². The summed E-state index contributed by atoms with van der Waals surface area (Å²) in [6, 6.07) is 12.0. The number of aromatic nitrogens is 3. The van der Waals surface area contributed by atoms with Crippen LogP contribution in [0.1, 0.15) is 28.3 Å². The number of para-hydroxylation sites is 1. The Morgan fingerprint density at radius 3 is 2.40 bits per heavy atom. The van der Waals surface area contributed by atoms with Crippen molar-refractivity contribution in [3.05, 3.63) is 64.7 Å². The fourth-order valence-electron chi connectivity index (χ4n) is 3.16. The zero-order valence-electron chi connectivity index (χ0n) is 14.8. The van der Waals surface area contributed by atoms with Crippen LogP contribution in [-0.2, 0) is 16.6 Å². The second-order valence-corrected chi connectivity index (χ2v) is 7.86. The first-order valence-corrected chi connectivity index (χ1v) is 9.54. The molecule has 25 heavy (non-hydrogen) atoms. The van der Waals surface area contributed by atoms with Crippen LogP contribution in [0.3, 0.4) is 0 Å². The third kappa shape index (κ3) is 3.25. The molecule has 2 aromatic heterocycles. The molecular formula is C18H22N4O2S. The van der Waals surface area contributed by atoms with Crippen molar-refractivity contribution in [2.45, 2.75) is 39.1 Å². The quantitative estimate of drug-likeness (QED) is 0.736. The number of nitrogens with zero attached hydrogens (tertiary/aromatic N) is 2. The van der Waals surface area contributed by atoms with E-state index in [1.165, 1.54) is 0 Å². The molecule has 0 fully saturated rings. The number of nitrogens with one attached hydrogen (secondary N) is 2. The Kier molecular flexibility index (Phi) is 4.53. The SMILES string of the molecule is Cc1n[nH]c(C)c1S(=O)(=O)NCc1cc(C)n(-c2ccccc2)c1C. The predicted octanol–water partition coefficient (Wildman–Crippen LogP) is 2.91. The summed E-state index contributed by atoms with van der Waals surface area (Å²) in [6.45, 7) is 7.63. The van der Waals surface area contributed by atoms with E-state index in [-0.39, 0.29) is 11.4 Å². The van der Waals surface area contributed by atoms with Crippen molar-refractivity contribution < 1.29 is 8.42 Å². The first kappa shape index (κ1) is 17.4. The molecule has 2 heterocycles. The maximum Gasteiger partial charge on any atom is 0.244 e. The van der Waals surface area contributed by atoms with Crippen LogP contribution in [0.4, 0.5) is 0 Å². The summed E-state index contributed by atoms with van der Waals surface area (Å²) >= 11 is 0. The highest BCUT2D eigenvalue weighted by Gasteiger charge is 2.22. The number of sulfonamides is 1. The van der Waals surface area contributed by atoms with Gasteiger partial charge < -0.3 is 4.57 Å². The lowest BCUT2D eigenvalue weighted by Crippen LogP contribution is -2.24. The zero-order valence-corrected chi connectivity index (χ0v) is 15.6. The minimum absolute atomic E-state index is 0.226. The highest BCUT2D eigenvalue weighted by Crippen LogP contribution is 2.22. The third-order valence-electron chi connectivity index (χ3n) is 4.33. The van der Waals surface area contributed by atoms with Crippen molar-refractivity contribution in [1.82, 2.24) is 19.5 Å². The molecule has 0 aliphatic heterocycles. The fraction of sp³-hybridized carbons (Fsp3) is 0.278. The maximum absolute atomic E-state index is 12.6. The zero-order chi connectivity index (χ0) is 18.2. The number of aryl methyl sites for hydroxylation is 3. The highest BCUT2D eigenvalue weighted by atomic mass is 32.2. The smallest absolute Gasteiger partial charge is 0.244 e. The molecule has 7 heteroatoms. The Balaban J connectivity index is 1.88. The summed E-state index contributed by atoms with van der Waals surface area (Å²) in [5, 5.41) is 6.68. The van der Waals surface area contributed by atoms with E-state index in [0.717, 1.165) is 22.6 Å². The molecule has 0 bridgehead atoms. The Morgan fingerprint density at radius 1 is 1.12 bits per heavy atom. The molecule has 0 unspecified atom stereocenters. The molecule has 0 radical (unpaired) electrons. The highest BCUT2D eigenvalue weighted by molar-refractivity contribution is 7.89. The number of aromatic amines is 1. The van der Waals surface area contributed by atoms with Gasteiger partial charge in [-0.2, -0.15) is 5.10 Å². The normalized spacial score (nSPS) is 11.8. The van der Waals surface area contributed by atoms with Crippen LogP contribution in [-0.4, -0.2) is 23.2 Å². The Morgan fingerprint density at radius 2 is 1.80 bits per heavy atom. The van der Waals surface area contributed by atoms with Crippen molar-refractivity contribution in [3.8, 4) is 5.69 Å². The van der Waals surface area contributed by atoms with Gasteiger partial charge in [-0.1, -0.05) is 18.2 Å². The van der Waals surface area contributed by atoms with Crippen molar-refractivity contribution in [2.24, 2.45) is 0 Å². The standard InChI is InChI=1S/C18H22N4O2S/c1-12-10-16(15(4)22(12)17-8-6-5-7-9-17)11-19-25(23,24)18-13(2)20-21-14(18)3/h5-10,19H,11H2,1-4H3,(H,20,21). The van der Waals surface area contributed by atoms with Gasteiger partial charge in [-0.15, -0.1) is 0 Å². The first-order chi connectivity index (χ1) is 11.8. The summed E-state index contributed by atoms with van der Waals surface area (Å²) in [5.74, 6) is 0. The molecule has 3 rings (SSSR count). The average molecular weight is 358 g/mol. The van der Waals surface area contributed by atoms with Crippen LogP contribution >= 0.6 is 0 Å². The second kappa shape index (κ2) is 6.50. The summed E-state index contributed by atoms with van der Waals surface area (Å²) in [4.78, 5) is 0.226. The molecule has 0 saturated heterocycles. The Labute approximate surface area is 147 Å². The van der Waals surface area contributed by atoms with Gasteiger partial charge in [0.15, 0.2) is 0 Å². The van der Waals surface area contributed by atoms with Gasteiger partial charge in [-0.25, -0.2) is 13.1 Å². The summed E-state index contributed by atoms with van der Waals surface area (Å²) < 4.78 is 30.0. The molecule has 0 saturated carbocycles. The number of rotatable bonds is 5. The molecule has 1 aromatic carbocycles. The van der Waals surface area contributed by atoms with E-state index in [0.29, 0.717) is 11.4 Å². The largest absolute Gasteiger partial charge is 0.318 e. The van der Waals surface area contributed by atoms with Gasteiger partial charge >= 0.3 is 0 Å². The molecule has 0 amide bonds. The monoisotopic (exact) mass is 358 g/mol. The number of hydrogen-bond donors (Lipinski definition) is 2. The molecule has 6 nitrogen and oxygen atoms in total. The molecule has 2 N–H and O–H groups in total. The van der Waals surface area contributed by atoms with E-state index in [1.807, 2.05) is 50.2 Å². The van der Waals surface area contributed by atoms with Crippen molar-refractivity contribution in [1.29, 1.82) is 0 Å². The number of H-pyrrole nitrogens is 1. The van der Waals surface area contributed by atoms with Crippen LogP contribution in [0, 0.1) is 27.7 Å². The van der Waals surface area contributed by atoms with E-state index in [2.05, 4.69) is 19.5 Å². The van der Waals surface area contributed by atoms with Crippen LogP contribution in [0.25, 0.3) is 5.69 Å². The molecule has 0 aliphatic carbocycles. The summed E-state index contributed by atoms with van der Waals surface area (Å²) in [5.41, 5.74) is 5.11. The minimum Gasteiger partial charge on any atom is -0.318 e. The lowest BCUT2D eigenvalue weighted by atomic mass is 10.2. The van der Waals surface area contributed by atoms with Crippen molar-refractivity contribution >= 4 is 10.0 Å². The van der Waals surface area contributed by atoms with E-state index in [9.17, 15) is 8.42 Å².